The van der Waals surface area contributed by atoms with E-state index in [9.17, 15) is 24.6 Å². The van der Waals surface area contributed by atoms with Gasteiger partial charge >= 0.3 is 5.97 Å². The van der Waals surface area contributed by atoms with Crippen LogP contribution in [0.4, 0.5) is 5.13 Å². The van der Waals surface area contributed by atoms with Crippen LogP contribution in [0.1, 0.15) is 11.8 Å². The molecule has 13 nitrogen and oxygen atoms in total. The maximum Gasteiger partial charge on any atom is 0.313 e. The van der Waals surface area contributed by atoms with Crippen molar-refractivity contribution in [3.63, 3.8) is 0 Å². The Morgan fingerprint density at radius 2 is 2.25 bits per heavy atom. The monoisotopic (exact) mass is 500 g/mol. The number of thioether (sulfide) groups is 2. The fourth-order valence-electron chi connectivity index (χ4n) is 3.35. The second kappa shape index (κ2) is 8.84. The fourth-order valence-corrected chi connectivity index (χ4v) is 6.75. The first-order chi connectivity index (χ1) is 15.3. The molecule has 2 aromatic rings. The number of hydrogen-bond donors (Lipinski definition) is 4. The number of carbonyl (C=O) groups excluding carboxylic acids is 2. The summed E-state index contributed by atoms with van der Waals surface area (Å²) in [5.41, 5.74) is -0.983. The highest BCUT2D eigenvalue weighted by atomic mass is 32.2. The number of aliphatic hydroxyl groups excluding tert-OH is 1. The van der Waals surface area contributed by atoms with Crippen LogP contribution in [0.25, 0.3) is 0 Å². The minimum Gasteiger partial charge on any atom is -0.481 e. The molecular formula is C16H20N8O5S3. The molecule has 2 amide bonds. The number of carbonyl (C=O) groups is 3. The minimum absolute atomic E-state index is 0.0175. The fraction of sp³-hybridized carbons (Fsp3) is 0.562. The van der Waals surface area contributed by atoms with Crippen LogP contribution in [0, 0.1) is 5.41 Å². The van der Waals surface area contributed by atoms with Crippen LogP contribution in [0.3, 0.4) is 0 Å². The molecule has 16 heteroatoms. The maximum absolute atomic E-state index is 12.7. The summed E-state index contributed by atoms with van der Waals surface area (Å²) < 4.78 is 1.45. The first-order valence-corrected chi connectivity index (χ1v) is 12.3. The van der Waals surface area contributed by atoms with Gasteiger partial charge in [-0.25, -0.2) is 9.67 Å². The van der Waals surface area contributed by atoms with Crippen molar-refractivity contribution < 1.29 is 24.6 Å². The molecule has 0 spiro atoms. The first-order valence-electron chi connectivity index (χ1n) is 9.38. The van der Waals surface area contributed by atoms with E-state index in [4.69, 9.17) is 0 Å². The third kappa shape index (κ3) is 4.02. The van der Waals surface area contributed by atoms with Gasteiger partial charge < -0.3 is 25.7 Å². The topological polar surface area (TPSA) is 175 Å². The van der Waals surface area contributed by atoms with Crippen LogP contribution < -0.4 is 10.6 Å². The zero-order valence-corrected chi connectivity index (χ0v) is 19.4. The molecule has 4 rings (SSSR count). The first kappa shape index (κ1) is 22.8. The van der Waals surface area contributed by atoms with Gasteiger partial charge in [0.05, 0.1) is 5.69 Å². The molecule has 2 saturated heterocycles. The molecule has 0 aromatic carbocycles. The van der Waals surface area contributed by atoms with Gasteiger partial charge in [-0.3, -0.25) is 14.4 Å². The number of anilines is 1. The molecule has 0 saturated carbocycles. The Morgan fingerprint density at radius 3 is 2.88 bits per heavy atom. The van der Waals surface area contributed by atoms with Gasteiger partial charge in [-0.15, -0.1) is 28.2 Å². The van der Waals surface area contributed by atoms with E-state index >= 15 is 0 Å². The second-order valence-electron chi connectivity index (χ2n) is 7.34. The number of carboxylic acid groups (broad SMARTS) is 1. The van der Waals surface area contributed by atoms with Crippen molar-refractivity contribution in [3.8, 4) is 0 Å². The standard InChI is InChI=1S/C16H20N8O5S3/c1-17-14-18-7(3-30-14)9(25)10(26)19-8-11(27)24-4-16(13(28)29,5-31-12(8)24)6-32-15-20-21-22-23(15)2/h3,8-9,12,25H,4-6H2,1-2H3,(H,17,18)(H,19,26)(H,28,29)/t8?,9?,12-,16?/m1/s1. The number of aryl methyl sites for hydroxylation is 1. The van der Waals surface area contributed by atoms with Crippen molar-refractivity contribution in [2.24, 2.45) is 12.5 Å². The lowest BCUT2D eigenvalue weighted by Crippen LogP contribution is -2.74. The minimum atomic E-state index is -1.50. The van der Waals surface area contributed by atoms with Gasteiger partial charge in [0.1, 0.15) is 16.8 Å². The number of hydrogen-bond acceptors (Lipinski definition) is 12. The summed E-state index contributed by atoms with van der Waals surface area (Å²) in [4.78, 5) is 42.8. The Hall–Kier alpha value is -2.43. The lowest BCUT2D eigenvalue weighted by molar-refractivity contribution is -0.158. The number of aliphatic carboxylic acids is 1. The Labute approximate surface area is 194 Å². The number of nitrogens with zero attached hydrogens (tertiary/aromatic N) is 6. The molecule has 172 valence electrons. The number of amides is 2. The summed E-state index contributed by atoms with van der Waals surface area (Å²) in [6, 6.07) is -0.827. The molecule has 4 atom stereocenters. The van der Waals surface area contributed by atoms with Crippen LogP contribution in [0.5, 0.6) is 0 Å². The summed E-state index contributed by atoms with van der Waals surface area (Å²) in [7, 11) is 3.34. The number of aliphatic hydroxyl groups is 1. The van der Waals surface area contributed by atoms with Crippen molar-refractivity contribution in [3.05, 3.63) is 11.1 Å². The number of thiazole rings is 1. The van der Waals surface area contributed by atoms with E-state index in [2.05, 4.69) is 31.1 Å². The number of aromatic nitrogens is 5. The number of nitrogens with one attached hydrogen (secondary N) is 2. The molecule has 4 heterocycles. The average molecular weight is 501 g/mol. The third-order valence-electron chi connectivity index (χ3n) is 5.22. The van der Waals surface area contributed by atoms with E-state index in [1.54, 1.807) is 19.5 Å². The van der Waals surface area contributed by atoms with Gasteiger partial charge in [-0.1, -0.05) is 11.8 Å². The van der Waals surface area contributed by atoms with Crippen LogP contribution in [0.15, 0.2) is 10.5 Å². The average Bonchev–Trinajstić information content (AvgIpc) is 3.43. The lowest BCUT2D eigenvalue weighted by atomic mass is 9.89. The smallest absolute Gasteiger partial charge is 0.313 e. The Kier molecular flexibility index (Phi) is 6.28. The molecule has 32 heavy (non-hydrogen) atoms. The molecule has 3 unspecified atom stereocenters. The van der Waals surface area contributed by atoms with E-state index in [0.29, 0.717) is 10.3 Å². The van der Waals surface area contributed by atoms with Gasteiger partial charge in [-0.2, -0.15) is 0 Å². The van der Waals surface area contributed by atoms with E-state index in [1.165, 1.54) is 44.4 Å². The lowest BCUT2D eigenvalue weighted by Gasteiger charge is -2.53. The number of tetrazole rings is 1. The Bertz CT molecular complexity index is 1050. The van der Waals surface area contributed by atoms with Gasteiger partial charge in [0.25, 0.3) is 5.91 Å². The van der Waals surface area contributed by atoms with E-state index in [1.807, 2.05) is 0 Å². The Balaban J connectivity index is 1.38. The van der Waals surface area contributed by atoms with Crippen molar-refractivity contribution >= 4 is 57.8 Å². The molecule has 2 aliphatic heterocycles. The van der Waals surface area contributed by atoms with Crippen molar-refractivity contribution in [1.29, 1.82) is 0 Å². The summed E-state index contributed by atoms with van der Waals surface area (Å²) in [6.45, 7) is 0.0175. The van der Waals surface area contributed by atoms with Gasteiger partial charge in [0.15, 0.2) is 11.2 Å². The van der Waals surface area contributed by atoms with Crippen molar-refractivity contribution in [1.82, 2.24) is 35.4 Å². The number of β-lactam (4-membered cyclic amide) rings is 1. The summed E-state index contributed by atoms with van der Waals surface area (Å²) in [6.07, 6.45) is -1.50. The highest BCUT2D eigenvalue weighted by molar-refractivity contribution is 8.00. The second-order valence-corrected chi connectivity index (χ2v) is 10.2. The molecule has 2 fully saturated rings. The van der Waals surface area contributed by atoms with Gasteiger partial charge in [0.2, 0.25) is 11.1 Å². The molecule has 2 aromatic heterocycles. The SMILES string of the molecule is CNc1nc(C(O)C(=O)NC2C(=O)N3CC(CSc4nnnn4C)(C(=O)O)CS[C@H]23)cs1. The Morgan fingerprint density at radius 1 is 1.47 bits per heavy atom. The number of fused-ring (bicyclic) bond motifs is 1. The van der Waals surface area contributed by atoms with Crippen LogP contribution in [0.2, 0.25) is 0 Å². The molecule has 0 aliphatic carbocycles. The van der Waals surface area contributed by atoms with Crippen LogP contribution in [-0.4, -0.2) is 94.6 Å². The van der Waals surface area contributed by atoms with E-state index < -0.39 is 34.8 Å². The van der Waals surface area contributed by atoms with E-state index in [0.717, 1.165) is 0 Å². The third-order valence-corrected chi connectivity index (χ3v) is 8.99. The molecule has 0 radical (unpaired) electrons. The predicted molar refractivity (Wildman–Crippen MR) is 116 cm³/mol. The molecule has 4 N–H and O–H groups in total. The highest BCUT2D eigenvalue weighted by Crippen LogP contribution is 2.44. The van der Waals surface area contributed by atoms with Crippen LogP contribution >= 0.6 is 34.9 Å². The van der Waals surface area contributed by atoms with Crippen LogP contribution in [-0.2, 0) is 21.4 Å². The normalized spacial score (nSPS) is 25.6. The zero-order valence-electron chi connectivity index (χ0n) is 17.0. The summed E-state index contributed by atoms with van der Waals surface area (Å²) in [5, 5.41) is 38.9. The maximum atomic E-state index is 12.7. The zero-order chi connectivity index (χ0) is 23.0. The van der Waals surface area contributed by atoms with Crippen molar-refractivity contribution in [2.45, 2.75) is 22.7 Å². The van der Waals surface area contributed by atoms with E-state index in [-0.39, 0.29) is 29.7 Å². The predicted octanol–water partition coefficient (Wildman–Crippen LogP) is -0.995. The molecule has 0 bridgehead atoms. The largest absolute Gasteiger partial charge is 0.481 e. The molecule has 2 aliphatic rings. The van der Waals surface area contributed by atoms with Gasteiger partial charge in [0, 0.05) is 37.5 Å². The van der Waals surface area contributed by atoms with Crippen molar-refractivity contribution in [2.75, 3.05) is 30.4 Å². The molecular weight excluding hydrogens is 480 g/mol. The quantitative estimate of drug-likeness (QED) is 0.257. The highest BCUT2D eigenvalue weighted by Gasteiger charge is 2.57. The van der Waals surface area contributed by atoms with Gasteiger partial charge in [-0.05, 0) is 10.4 Å². The number of carboxylic acids is 1. The number of rotatable bonds is 8. The summed E-state index contributed by atoms with van der Waals surface area (Å²) in [5.74, 6) is -1.68. The summed E-state index contributed by atoms with van der Waals surface area (Å²) >= 11 is 3.75.